The maximum atomic E-state index is 13.1. The normalized spacial score (nSPS) is 11.8. The molecule has 2 aromatic carbocycles. The number of halogens is 4. The first-order chi connectivity index (χ1) is 13.8. The summed E-state index contributed by atoms with van der Waals surface area (Å²) in [6, 6.07) is 9.43. The summed E-state index contributed by atoms with van der Waals surface area (Å²) >= 11 is 2.97. The quantitative estimate of drug-likeness (QED) is 0.421. The smallest absolute Gasteiger partial charge is 0.417 e. The third-order valence-electron chi connectivity index (χ3n) is 4.39. The van der Waals surface area contributed by atoms with Gasteiger partial charge in [0.2, 0.25) is 0 Å². The molecule has 4 aromatic rings. The number of aromatic amines is 2. The van der Waals surface area contributed by atoms with Crippen molar-refractivity contribution in [1.29, 1.82) is 0 Å². The van der Waals surface area contributed by atoms with E-state index in [1.165, 1.54) is 6.07 Å². The average molecular weight is 467 g/mol. The largest absolute Gasteiger partial charge is 0.497 e. The van der Waals surface area contributed by atoms with Gasteiger partial charge < -0.3 is 14.5 Å². The van der Waals surface area contributed by atoms with E-state index in [0.717, 1.165) is 11.6 Å². The molecule has 2 N–H and O–H groups in total. The Labute approximate surface area is 171 Å². The number of fused-ring (bicyclic) bond motifs is 1. The highest BCUT2D eigenvalue weighted by Gasteiger charge is 2.33. The van der Waals surface area contributed by atoms with Gasteiger partial charge in [0.25, 0.3) is 0 Å². The maximum absolute atomic E-state index is 13.1. The zero-order chi connectivity index (χ0) is 20.8. The van der Waals surface area contributed by atoms with Gasteiger partial charge in [0, 0.05) is 16.1 Å². The molecule has 0 fully saturated rings. The Kier molecular flexibility index (Phi) is 4.73. The molecule has 6 nitrogen and oxygen atoms in total. The monoisotopic (exact) mass is 466 g/mol. The summed E-state index contributed by atoms with van der Waals surface area (Å²) in [5.74, 6) is 1.59. The summed E-state index contributed by atoms with van der Waals surface area (Å²) in [6.07, 6.45) is -4.47. The van der Waals surface area contributed by atoms with Gasteiger partial charge in [-0.1, -0.05) is 15.9 Å². The van der Waals surface area contributed by atoms with Crippen LogP contribution >= 0.6 is 15.9 Å². The van der Waals surface area contributed by atoms with Crippen LogP contribution in [0.4, 0.5) is 13.2 Å². The molecule has 0 bridgehead atoms. The van der Waals surface area contributed by atoms with Crippen LogP contribution in [0, 0.1) is 0 Å². The van der Waals surface area contributed by atoms with E-state index in [1.54, 1.807) is 32.4 Å². The summed E-state index contributed by atoms with van der Waals surface area (Å²) in [7, 11) is 3.10. The van der Waals surface area contributed by atoms with Crippen molar-refractivity contribution in [3.05, 3.63) is 46.4 Å². The number of ether oxygens (including phenoxy) is 2. The fraction of sp³-hybridized carbons (Fsp3) is 0.158. The lowest BCUT2D eigenvalue weighted by molar-refractivity contribution is -0.138. The van der Waals surface area contributed by atoms with Crippen molar-refractivity contribution in [2.24, 2.45) is 0 Å². The third-order valence-corrected chi connectivity index (χ3v) is 5.05. The van der Waals surface area contributed by atoms with Crippen LogP contribution in [-0.2, 0) is 6.18 Å². The SMILES string of the molecule is COc1ccc(-c2cc(-c3nc4cc(C(F)(F)F)c(Br)cc4[nH]3)[nH]n2)c(OC)c1. The second-order valence-electron chi connectivity index (χ2n) is 6.17. The Morgan fingerprint density at radius 1 is 1.03 bits per heavy atom. The van der Waals surface area contributed by atoms with Crippen molar-refractivity contribution in [2.75, 3.05) is 14.2 Å². The molecule has 0 unspecified atom stereocenters. The van der Waals surface area contributed by atoms with Gasteiger partial charge in [-0.05, 0) is 30.3 Å². The molecule has 0 radical (unpaired) electrons. The van der Waals surface area contributed by atoms with Gasteiger partial charge in [-0.25, -0.2) is 4.98 Å². The highest BCUT2D eigenvalue weighted by atomic mass is 79.9. The zero-order valence-corrected chi connectivity index (χ0v) is 16.8. The van der Waals surface area contributed by atoms with Crippen molar-refractivity contribution in [1.82, 2.24) is 20.2 Å². The van der Waals surface area contributed by atoms with E-state index in [2.05, 4.69) is 36.1 Å². The lowest BCUT2D eigenvalue weighted by Crippen LogP contribution is -2.05. The molecule has 2 heterocycles. The van der Waals surface area contributed by atoms with Crippen LogP contribution < -0.4 is 9.47 Å². The van der Waals surface area contributed by atoms with Crippen LogP contribution in [0.5, 0.6) is 11.5 Å². The summed E-state index contributed by atoms with van der Waals surface area (Å²) in [4.78, 5) is 7.29. The molecule has 4 rings (SSSR count). The van der Waals surface area contributed by atoms with Crippen molar-refractivity contribution in [3.63, 3.8) is 0 Å². The number of imidazole rings is 1. The van der Waals surface area contributed by atoms with E-state index in [9.17, 15) is 13.2 Å². The third kappa shape index (κ3) is 3.55. The van der Waals surface area contributed by atoms with E-state index in [0.29, 0.717) is 34.2 Å². The fourth-order valence-corrected chi connectivity index (χ4v) is 3.53. The van der Waals surface area contributed by atoms with Crippen LogP contribution in [0.2, 0.25) is 0 Å². The molecule has 0 saturated heterocycles. The van der Waals surface area contributed by atoms with Gasteiger partial charge in [-0.3, -0.25) is 5.10 Å². The Morgan fingerprint density at radius 2 is 1.83 bits per heavy atom. The lowest BCUT2D eigenvalue weighted by Gasteiger charge is -2.08. The van der Waals surface area contributed by atoms with Gasteiger partial charge in [-0.2, -0.15) is 18.3 Å². The van der Waals surface area contributed by atoms with Crippen LogP contribution in [0.1, 0.15) is 5.56 Å². The Morgan fingerprint density at radius 3 is 2.52 bits per heavy atom. The lowest BCUT2D eigenvalue weighted by atomic mass is 10.1. The maximum Gasteiger partial charge on any atom is 0.417 e. The van der Waals surface area contributed by atoms with Crippen molar-refractivity contribution in [3.8, 4) is 34.3 Å². The fourth-order valence-electron chi connectivity index (χ4n) is 2.97. The number of hydrogen-bond donors (Lipinski definition) is 2. The average Bonchev–Trinajstić information content (AvgIpc) is 3.32. The number of hydrogen-bond acceptors (Lipinski definition) is 4. The van der Waals surface area contributed by atoms with Gasteiger partial charge in [-0.15, -0.1) is 0 Å². The van der Waals surface area contributed by atoms with Crippen LogP contribution in [0.25, 0.3) is 33.8 Å². The molecular weight excluding hydrogens is 453 g/mol. The van der Waals surface area contributed by atoms with E-state index in [4.69, 9.17) is 9.47 Å². The summed E-state index contributed by atoms with van der Waals surface area (Å²) < 4.78 is 49.9. The first kappa shape index (κ1) is 19.3. The number of H-pyrrole nitrogens is 2. The van der Waals surface area contributed by atoms with Gasteiger partial charge in [0.1, 0.15) is 17.2 Å². The summed E-state index contributed by atoms with van der Waals surface area (Å²) in [5, 5.41) is 7.13. The van der Waals surface area contributed by atoms with E-state index >= 15 is 0 Å². The predicted molar refractivity (Wildman–Crippen MR) is 105 cm³/mol. The minimum absolute atomic E-state index is 0.0547. The molecule has 0 saturated carbocycles. The van der Waals surface area contributed by atoms with E-state index < -0.39 is 11.7 Å². The topological polar surface area (TPSA) is 75.8 Å². The predicted octanol–water partition coefficient (Wildman–Crippen LogP) is 5.42. The Hall–Kier alpha value is -3.01. The molecular formula is C19H14BrF3N4O2. The second kappa shape index (κ2) is 7.11. The van der Waals surface area contributed by atoms with Crippen molar-refractivity contribution in [2.45, 2.75) is 6.18 Å². The standard InChI is InChI=1S/C19H14BrF3N4O2/c1-28-9-3-4-10(17(5-9)29-2)13-8-16(27-26-13)18-24-14-6-11(19(21,22)23)12(20)7-15(14)25-18/h3-8H,1-2H3,(H,24,25)(H,26,27). The molecule has 150 valence electrons. The van der Waals surface area contributed by atoms with Crippen LogP contribution in [-0.4, -0.2) is 34.4 Å². The number of methoxy groups -OCH3 is 2. The molecule has 0 aliphatic rings. The molecule has 0 amide bonds. The molecule has 0 spiro atoms. The Bertz CT molecular complexity index is 1200. The highest BCUT2D eigenvalue weighted by molar-refractivity contribution is 9.10. The zero-order valence-electron chi connectivity index (χ0n) is 15.2. The van der Waals surface area contributed by atoms with Gasteiger partial charge >= 0.3 is 6.18 Å². The second-order valence-corrected chi connectivity index (χ2v) is 7.02. The first-order valence-electron chi connectivity index (χ1n) is 8.35. The number of nitrogens with zero attached hydrogens (tertiary/aromatic N) is 2. The van der Waals surface area contributed by atoms with Crippen LogP contribution in [0.15, 0.2) is 40.9 Å². The minimum Gasteiger partial charge on any atom is -0.497 e. The number of aromatic nitrogens is 4. The summed E-state index contributed by atoms with van der Waals surface area (Å²) in [6.45, 7) is 0. The molecule has 2 aromatic heterocycles. The molecule has 10 heteroatoms. The number of rotatable bonds is 4. The summed E-state index contributed by atoms with van der Waals surface area (Å²) in [5.41, 5.74) is 1.74. The molecule has 0 atom stereocenters. The van der Waals surface area contributed by atoms with Gasteiger partial charge in [0.15, 0.2) is 5.82 Å². The molecule has 0 aliphatic heterocycles. The van der Waals surface area contributed by atoms with Gasteiger partial charge in [0.05, 0.1) is 36.5 Å². The number of nitrogens with one attached hydrogen (secondary N) is 2. The molecule has 0 aliphatic carbocycles. The van der Waals surface area contributed by atoms with Crippen molar-refractivity contribution >= 4 is 27.0 Å². The number of alkyl halides is 3. The van der Waals surface area contributed by atoms with E-state index in [-0.39, 0.29) is 9.99 Å². The number of benzene rings is 2. The highest BCUT2D eigenvalue weighted by Crippen LogP contribution is 2.38. The van der Waals surface area contributed by atoms with Crippen molar-refractivity contribution < 1.29 is 22.6 Å². The van der Waals surface area contributed by atoms with Crippen LogP contribution in [0.3, 0.4) is 0 Å². The Balaban J connectivity index is 1.74. The minimum atomic E-state index is -4.47. The first-order valence-corrected chi connectivity index (χ1v) is 9.14. The van der Waals surface area contributed by atoms with E-state index in [1.807, 2.05) is 6.07 Å². The molecule has 29 heavy (non-hydrogen) atoms.